The Labute approximate surface area is 95.2 Å². The maximum atomic E-state index is 13.5. The summed E-state index contributed by atoms with van der Waals surface area (Å²) < 4.78 is 50.7. The highest BCUT2D eigenvalue weighted by molar-refractivity contribution is 6.30. The Hall–Kier alpha value is -0.810. The summed E-state index contributed by atoms with van der Waals surface area (Å²) in [6, 6.07) is 5.50. The van der Waals surface area contributed by atoms with Crippen molar-refractivity contribution >= 4 is 11.6 Å². The molecule has 0 aliphatic carbocycles. The smallest absolute Gasteiger partial charge is 0.327 e. The number of halogens is 5. The van der Waals surface area contributed by atoms with Gasteiger partial charge in [-0.05, 0) is 17.7 Å². The Bertz CT molecular complexity index is 349. The van der Waals surface area contributed by atoms with Gasteiger partial charge >= 0.3 is 6.18 Å². The molecule has 16 heavy (non-hydrogen) atoms. The van der Waals surface area contributed by atoms with Crippen molar-refractivity contribution in [1.29, 1.82) is 0 Å². The highest BCUT2D eigenvalue weighted by Gasteiger charge is 2.54. The van der Waals surface area contributed by atoms with Crippen LogP contribution in [-0.4, -0.2) is 18.4 Å². The number of hydrogen-bond acceptors (Lipinski definition) is 1. The first-order chi connectivity index (χ1) is 7.28. The lowest BCUT2D eigenvalue weighted by Crippen LogP contribution is -2.49. The van der Waals surface area contributed by atoms with Crippen LogP contribution in [0.25, 0.3) is 0 Å². The van der Waals surface area contributed by atoms with Gasteiger partial charge in [0.1, 0.15) is 0 Å². The van der Waals surface area contributed by atoms with Gasteiger partial charge in [-0.25, -0.2) is 4.39 Å². The van der Waals surface area contributed by atoms with Crippen molar-refractivity contribution in [2.24, 2.45) is 5.73 Å². The zero-order valence-corrected chi connectivity index (χ0v) is 8.95. The first-order valence-electron chi connectivity index (χ1n) is 4.49. The van der Waals surface area contributed by atoms with Crippen LogP contribution in [0.3, 0.4) is 0 Å². The van der Waals surface area contributed by atoms with E-state index in [-0.39, 0.29) is 5.56 Å². The second kappa shape index (κ2) is 4.59. The van der Waals surface area contributed by atoms with E-state index in [0.29, 0.717) is 5.02 Å². The molecule has 0 aliphatic rings. The fourth-order valence-corrected chi connectivity index (χ4v) is 1.34. The first kappa shape index (κ1) is 13.3. The van der Waals surface area contributed by atoms with Crippen LogP contribution in [0.15, 0.2) is 24.3 Å². The van der Waals surface area contributed by atoms with E-state index in [9.17, 15) is 17.6 Å². The molecule has 2 N–H and O–H groups in total. The van der Waals surface area contributed by atoms with Crippen LogP contribution in [0.1, 0.15) is 5.56 Å². The first-order valence-corrected chi connectivity index (χ1v) is 4.86. The number of hydrogen-bond donors (Lipinski definition) is 1. The number of nitrogens with two attached hydrogens (primary N) is 1. The molecule has 1 rings (SSSR count). The lowest BCUT2D eigenvalue weighted by molar-refractivity contribution is -0.226. The molecule has 1 unspecified atom stereocenters. The lowest BCUT2D eigenvalue weighted by Gasteiger charge is -2.26. The highest BCUT2D eigenvalue weighted by atomic mass is 35.5. The fourth-order valence-electron chi connectivity index (χ4n) is 1.21. The largest absolute Gasteiger partial charge is 0.424 e. The fraction of sp³-hybridized carbons (Fsp3) is 0.400. The van der Waals surface area contributed by atoms with Gasteiger partial charge in [-0.15, -0.1) is 0 Å². The summed E-state index contributed by atoms with van der Waals surface area (Å²) in [5.74, 6) is 0. The third-order valence-corrected chi connectivity index (χ3v) is 2.48. The molecule has 90 valence electrons. The predicted molar refractivity (Wildman–Crippen MR) is 54.1 cm³/mol. The molecule has 0 radical (unpaired) electrons. The van der Waals surface area contributed by atoms with Gasteiger partial charge in [0.25, 0.3) is 0 Å². The van der Waals surface area contributed by atoms with E-state index in [1.54, 1.807) is 0 Å². The van der Waals surface area contributed by atoms with E-state index in [0.717, 1.165) is 0 Å². The van der Waals surface area contributed by atoms with Gasteiger partial charge in [-0.2, -0.15) is 13.2 Å². The Kier molecular flexibility index (Phi) is 3.80. The second-order valence-electron chi connectivity index (χ2n) is 3.47. The molecule has 1 atom stereocenters. The van der Waals surface area contributed by atoms with Gasteiger partial charge in [0.05, 0.1) is 0 Å². The molecule has 0 spiro atoms. The van der Waals surface area contributed by atoms with Gasteiger partial charge in [0, 0.05) is 18.0 Å². The monoisotopic (exact) mass is 255 g/mol. The molecule has 1 aromatic rings. The van der Waals surface area contributed by atoms with Crippen LogP contribution in [0.4, 0.5) is 17.6 Å². The van der Waals surface area contributed by atoms with E-state index in [1.165, 1.54) is 24.3 Å². The summed E-state index contributed by atoms with van der Waals surface area (Å²) in [7, 11) is 0. The van der Waals surface area contributed by atoms with E-state index in [4.69, 9.17) is 17.3 Å². The Morgan fingerprint density at radius 1 is 1.06 bits per heavy atom. The van der Waals surface area contributed by atoms with Crippen molar-refractivity contribution in [3.63, 3.8) is 0 Å². The average molecular weight is 256 g/mol. The van der Waals surface area contributed by atoms with Crippen LogP contribution in [0.5, 0.6) is 0 Å². The Morgan fingerprint density at radius 2 is 1.56 bits per heavy atom. The zero-order valence-electron chi connectivity index (χ0n) is 8.19. The van der Waals surface area contributed by atoms with Crippen LogP contribution in [0, 0.1) is 0 Å². The van der Waals surface area contributed by atoms with Crippen LogP contribution >= 0.6 is 11.6 Å². The third kappa shape index (κ3) is 2.86. The van der Waals surface area contributed by atoms with Crippen molar-refractivity contribution in [1.82, 2.24) is 0 Å². The lowest BCUT2D eigenvalue weighted by atomic mass is 9.96. The maximum Gasteiger partial charge on any atom is 0.424 e. The van der Waals surface area contributed by atoms with Gasteiger partial charge in [0.15, 0.2) is 0 Å². The molecule has 6 heteroatoms. The molecular weight excluding hydrogens is 246 g/mol. The summed E-state index contributed by atoms with van der Waals surface area (Å²) in [5, 5.41) is 0.382. The molecule has 0 saturated carbocycles. The SMILES string of the molecule is NCC(F)(Cc1ccc(Cl)cc1)C(F)(F)F. The van der Waals surface area contributed by atoms with Crippen LogP contribution in [0.2, 0.25) is 5.02 Å². The van der Waals surface area contributed by atoms with Gasteiger partial charge < -0.3 is 5.73 Å². The topological polar surface area (TPSA) is 26.0 Å². The highest BCUT2D eigenvalue weighted by Crippen LogP contribution is 2.36. The summed E-state index contributed by atoms with van der Waals surface area (Å²) in [4.78, 5) is 0. The molecule has 0 aromatic heterocycles. The third-order valence-electron chi connectivity index (χ3n) is 2.23. The van der Waals surface area contributed by atoms with Gasteiger partial charge in [-0.1, -0.05) is 23.7 Å². The Balaban J connectivity index is 2.89. The maximum absolute atomic E-state index is 13.5. The standard InChI is InChI=1S/C10H10ClF4N/c11-8-3-1-7(2-4-8)5-9(12,6-16)10(13,14)15/h1-4H,5-6,16H2. The minimum Gasteiger partial charge on any atom is -0.327 e. The summed E-state index contributed by atoms with van der Waals surface area (Å²) >= 11 is 5.57. The van der Waals surface area contributed by atoms with Crippen molar-refractivity contribution in [2.45, 2.75) is 18.3 Å². The van der Waals surface area contributed by atoms with Crippen LogP contribution in [-0.2, 0) is 6.42 Å². The number of benzene rings is 1. The molecule has 0 aliphatic heterocycles. The van der Waals surface area contributed by atoms with Crippen LogP contribution < -0.4 is 5.73 Å². The minimum absolute atomic E-state index is 0.203. The molecule has 0 saturated heterocycles. The van der Waals surface area contributed by atoms with Crippen molar-refractivity contribution in [3.05, 3.63) is 34.9 Å². The molecule has 0 bridgehead atoms. The molecule has 1 aromatic carbocycles. The number of alkyl halides is 4. The van der Waals surface area contributed by atoms with Gasteiger partial charge in [0.2, 0.25) is 5.67 Å². The molecular formula is C10H10ClF4N. The number of rotatable bonds is 3. The summed E-state index contributed by atoms with van der Waals surface area (Å²) in [6.07, 6.45) is -5.77. The quantitative estimate of drug-likeness (QED) is 0.825. The Morgan fingerprint density at radius 3 is 1.94 bits per heavy atom. The average Bonchev–Trinajstić information content (AvgIpc) is 2.19. The second-order valence-corrected chi connectivity index (χ2v) is 3.91. The van der Waals surface area contributed by atoms with Crippen molar-refractivity contribution in [3.8, 4) is 0 Å². The summed E-state index contributed by atoms with van der Waals surface area (Å²) in [5.41, 5.74) is 1.67. The normalized spacial score (nSPS) is 15.9. The van der Waals surface area contributed by atoms with E-state index < -0.39 is 24.8 Å². The molecule has 1 nitrogen and oxygen atoms in total. The molecule has 0 fully saturated rings. The van der Waals surface area contributed by atoms with Crippen molar-refractivity contribution in [2.75, 3.05) is 6.54 Å². The zero-order chi connectivity index (χ0) is 12.4. The minimum atomic E-state index is -4.97. The summed E-state index contributed by atoms with van der Waals surface area (Å²) in [6.45, 7) is -1.10. The van der Waals surface area contributed by atoms with E-state index in [2.05, 4.69) is 0 Å². The van der Waals surface area contributed by atoms with Gasteiger partial charge in [-0.3, -0.25) is 0 Å². The predicted octanol–water partition coefficient (Wildman–Crippen LogP) is 3.11. The van der Waals surface area contributed by atoms with E-state index in [1.807, 2.05) is 0 Å². The van der Waals surface area contributed by atoms with Crippen molar-refractivity contribution < 1.29 is 17.6 Å². The molecule has 0 heterocycles. The van der Waals surface area contributed by atoms with E-state index >= 15 is 0 Å². The molecule has 0 amide bonds.